The minimum Gasteiger partial charge on any atom is -0.338 e. The van der Waals surface area contributed by atoms with E-state index in [1.54, 1.807) is 34.5 Å². The molecular weight excluding hydrogens is 370 g/mol. The second-order valence-corrected chi connectivity index (χ2v) is 7.28. The highest BCUT2D eigenvalue weighted by atomic mass is 35.5. The second kappa shape index (κ2) is 7.43. The summed E-state index contributed by atoms with van der Waals surface area (Å²) in [5.74, 6) is 1.26. The number of amides is 1. The number of hydrogen-bond donors (Lipinski definition) is 0. The van der Waals surface area contributed by atoms with E-state index in [1.165, 1.54) is 0 Å². The summed E-state index contributed by atoms with van der Waals surface area (Å²) in [4.78, 5) is 18.7. The second-order valence-electron chi connectivity index (χ2n) is 6.09. The maximum absolute atomic E-state index is 12.4. The van der Waals surface area contributed by atoms with Crippen molar-refractivity contribution in [3.05, 3.63) is 63.6 Å². The molecule has 1 aromatic carbocycles. The van der Waals surface area contributed by atoms with Crippen LogP contribution in [0.15, 0.2) is 51.7 Å². The molecule has 1 saturated heterocycles. The molecular formula is C19H16ClN3O2S. The lowest BCUT2D eigenvalue weighted by Gasteiger charge is -2.13. The smallest absolute Gasteiger partial charge is 0.258 e. The minimum absolute atomic E-state index is 0.0334. The molecule has 5 nitrogen and oxygen atoms in total. The summed E-state index contributed by atoms with van der Waals surface area (Å²) in [7, 11) is 0. The van der Waals surface area contributed by atoms with Crippen LogP contribution in [0.4, 0.5) is 0 Å². The maximum Gasteiger partial charge on any atom is 0.258 e. The fraction of sp³-hybridized carbons (Fsp3) is 0.211. The number of halogens is 1. The third kappa shape index (κ3) is 3.57. The Hall–Kier alpha value is -2.44. The molecule has 1 atom stereocenters. The van der Waals surface area contributed by atoms with Gasteiger partial charge in [-0.3, -0.25) is 4.79 Å². The zero-order chi connectivity index (χ0) is 17.9. The largest absolute Gasteiger partial charge is 0.338 e. The van der Waals surface area contributed by atoms with Gasteiger partial charge in [0.1, 0.15) is 0 Å². The van der Waals surface area contributed by atoms with Crippen LogP contribution < -0.4 is 0 Å². The van der Waals surface area contributed by atoms with Crippen molar-refractivity contribution in [2.75, 3.05) is 13.1 Å². The summed E-state index contributed by atoms with van der Waals surface area (Å²) in [6.45, 7) is 1.27. The lowest BCUT2D eigenvalue weighted by atomic mass is 10.1. The zero-order valence-electron chi connectivity index (χ0n) is 13.8. The number of nitrogens with zero attached hydrogens (tertiary/aromatic N) is 3. The highest BCUT2D eigenvalue weighted by Gasteiger charge is 2.29. The van der Waals surface area contributed by atoms with Crippen LogP contribution in [-0.4, -0.2) is 34.0 Å². The number of hydrogen-bond acceptors (Lipinski definition) is 5. The average Bonchev–Trinajstić information content (AvgIpc) is 3.41. The van der Waals surface area contributed by atoms with Gasteiger partial charge in [0, 0.05) is 35.5 Å². The predicted octanol–water partition coefficient (Wildman–Crippen LogP) is 4.48. The number of rotatable bonds is 4. The first kappa shape index (κ1) is 17.0. The molecule has 0 N–H and O–H groups in total. The van der Waals surface area contributed by atoms with Crippen LogP contribution in [-0.2, 0) is 4.79 Å². The first-order valence-electron chi connectivity index (χ1n) is 8.28. The van der Waals surface area contributed by atoms with Crippen molar-refractivity contribution >= 4 is 34.9 Å². The summed E-state index contributed by atoms with van der Waals surface area (Å²) in [6, 6.07) is 9.39. The van der Waals surface area contributed by atoms with Gasteiger partial charge in [-0.05, 0) is 35.6 Å². The monoisotopic (exact) mass is 385 g/mol. The Labute approximate surface area is 159 Å². The van der Waals surface area contributed by atoms with E-state index in [9.17, 15) is 4.79 Å². The van der Waals surface area contributed by atoms with Gasteiger partial charge in [-0.2, -0.15) is 16.3 Å². The molecule has 0 spiro atoms. The molecule has 1 aliphatic rings. The van der Waals surface area contributed by atoms with E-state index in [1.807, 2.05) is 35.0 Å². The Bertz CT molecular complexity index is 936. The highest BCUT2D eigenvalue weighted by molar-refractivity contribution is 7.08. The van der Waals surface area contributed by atoms with Gasteiger partial charge >= 0.3 is 0 Å². The van der Waals surface area contributed by atoms with Crippen molar-refractivity contribution in [1.29, 1.82) is 0 Å². The molecule has 7 heteroatoms. The number of likely N-dealkylation sites (tertiary alicyclic amines) is 1. The SMILES string of the molecule is O=C(/C=C/c1ccccc1Cl)N1CCC(c2noc(-c3ccsc3)n2)C1. The molecule has 132 valence electrons. The highest BCUT2D eigenvalue weighted by Crippen LogP contribution is 2.28. The first-order valence-corrected chi connectivity index (χ1v) is 9.60. The Morgan fingerprint density at radius 2 is 2.23 bits per heavy atom. The summed E-state index contributed by atoms with van der Waals surface area (Å²) in [5.41, 5.74) is 1.76. The summed E-state index contributed by atoms with van der Waals surface area (Å²) in [6.07, 6.45) is 4.14. The molecule has 4 rings (SSSR count). The molecule has 0 radical (unpaired) electrons. The average molecular weight is 386 g/mol. The van der Waals surface area contributed by atoms with Gasteiger partial charge in [-0.25, -0.2) is 0 Å². The van der Waals surface area contributed by atoms with Crippen LogP contribution in [0.2, 0.25) is 5.02 Å². The first-order chi connectivity index (χ1) is 12.7. The topological polar surface area (TPSA) is 59.2 Å². The van der Waals surface area contributed by atoms with Gasteiger partial charge in [-0.1, -0.05) is 35.0 Å². The van der Waals surface area contributed by atoms with E-state index in [4.69, 9.17) is 16.1 Å². The normalized spacial score (nSPS) is 17.3. The van der Waals surface area contributed by atoms with Gasteiger partial charge in [0.05, 0.1) is 5.56 Å². The van der Waals surface area contributed by atoms with Crippen LogP contribution in [0.3, 0.4) is 0 Å². The Balaban J connectivity index is 1.40. The quantitative estimate of drug-likeness (QED) is 0.621. The van der Waals surface area contributed by atoms with Crippen molar-refractivity contribution < 1.29 is 9.32 Å². The summed E-state index contributed by atoms with van der Waals surface area (Å²) >= 11 is 7.70. The number of carbonyl (C=O) groups excluding carboxylic acids is 1. The molecule has 0 aliphatic carbocycles. The van der Waals surface area contributed by atoms with E-state index in [0.717, 1.165) is 17.5 Å². The molecule has 2 aromatic heterocycles. The number of carbonyl (C=O) groups is 1. The van der Waals surface area contributed by atoms with Crippen LogP contribution >= 0.6 is 22.9 Å². The lowest BCUT2D eigenvalue weighted by molar-refractivity contribution is -0.124. The Morgan fingerprint density at radius 3 is 3.04 bits per heavy atom. The van der Waals surface area contributed by atoms with Gasteiger partial charge in [0.2, 0.25) is 5.91 Å². The van der Waals surface area contributed by atoms with E-state index in [0.29, 0.717) is 29.8 Å². The molecule has 0 saturated carbocycles. The Morgan fingerprint density at radius 1 is 1.35 bits per heavy atom. The molecule has 3 aromatic rings. The summed E-state index contributed by atoms with van der Waals surface area (Å²) in [5, 5.41) is 8.67. The van der Waals surface area contributed by atoms with Crippen LogP contribution in [0.1, 0.15) is 23.7 Å². The standard InChI is InChI=1S/C19H16ClN3O2S/c20-16-4-2-1-3-13(16)5-6-17(24)23-9-7-14(11-23)18-21-19(25-22-18)15-8-10-26-12-15/h1-6,8,10,12,14H,7,9,11H2/b6-5+. The van der Waals surface area contributed by atoms with Crippen LogP contribution in [0, 0.1) is 0 Å². The molecule has 1 aliphatic heterocycles. The van der Waals surface area contributed by atoms with E-state index in [-0.39, 0.29) is 11.8 Å². The van der Waals surface area contributed by atoms with Crippen LogP contribution in [0.25, 0.3) is 17.5 Å². The van der Waals surface area contributed by atoms with Crippen molar-refractivity contribution in [2.24, 2.45) is 0 Å². The molecule has 1 amide bonds. The maximum atomic E-state index is 12.4. The number of thiophene rings is 1. The molecule has 1 fully saturated rings. The minimum atomic E-state index is -0.0334. The fourth-order valence-corrected chi connectivity index (χ4v) is 3.78. The number of aromatic nitrogens is 2. The van der Waals surface area contributed by atoms with Crippen LogP contribution in [0.5, 0.6) is 0 Å². The Kier molecular flexibility index (Phi) is 4.86. The van der Waals surface area contributed by atoms with Gasteiger partial charge < -0.3 is 9.42 Å². The molecule has 26 heavy (non-hydrogen) atoms. The van der Waals surface area contributed by atoms with E-state index in [2.05, 4.69) is 10.1 Å². The van der Waals surface area contributed by atoms with Crippen molar-refractivity contribution in [3.63, 3.8) is 0 Å². The van der Waals surface area contributed by atoms with E-state index < -0.39 is 0 Å². The summed E-state index contributed by atoms with van der Waals surface area (Å²) < 4.78 is 5.35. The number of benzene rings is 1. The predicted molar refractivity (Wildman–Crippen MR) is 102 cm³/mol. The zero-order valence-corrected chi connectivity index (χ0v) is 15.4. The molecule has 3 heterocycles. The molecule has 1 unspecified atom stereocenters. The van der Waals surface area contributed by atoms with Crippen molar-refractivity contribution in [3.8, 4) is 11.5 Å². The fourth-order valence-electron chi connectivity index (χ4n) is 2.95. The lowest BCUT2D eigenvalue weighted by Crippen LogP contribution is -2.26. The van der Waals surface area contributed by atoms with E-state index >= 15 is 0 Å². The van der Waals surface area contributed by atoms with Crippen molar-refractivity contribution in [2.45, 2.75) is 12.3 Å². The third-order valence-corrected chi connectivity index (χ3v) is 5.41. The van der Waals surface area contributed by atoms with Gasteiger partial charge in [0.15, 0.2) is 5.82 Å². The van der Waals surface area contributed by atoms with Crippen molar-refractivity contribution in [1.82, 2.24) is 15.0 Å². The molecule has 0 bridgehead atoms. The van der Waals surface area contributed by atoms with Gasteiger partial charge in [0.25, 0.3) is 5.89 Å². The van der Waals surface area contributed by atoms with Gasteiger partial charge in [-0.15, -0.1) is 0 Å². The third-order valence-electron chi connectivity index (χ3n) is 4.39.